The average Bonchev–Trinajstić information content (AvgIpc) is 3.45. The molecule has 1 aromatic rings. The second-order valence-electron chi connectivity index (χ2n) is 8.06. The van der Waals surface area contributed by atoms with Gasteiger partial charge in [0.25, 0.3) is 0 Å². The van der Waals surface area contributed by atoms with Crippen LogP contribution < -0.4 is 10.6 Å². The number of nitrogens with zero attached hydrogens (tertiary/aromatic N) is 3. The molecule has 1 aliphatic heterocycles. The monoisotopic (exact) mass is 375 g/mol. The van der Waals surface area contributed by atoms with E-state index >= 15 is 0 Å². The van der Waals surface area contributed by atoms with Crippen LogP contribution in [0.1, 0.15) is 32.3 Å². The van der Waals surface area contributed by atoms with Crippen LogP contribution in [0.3, 0.4) is 0 Å². The lowest BCUT2D eigenvalue weighted by Crippen LogP contribution is -2.52. The molecule has 1 saturated carbocycles. The highest BCUT2D eigenvalue weighted by Crippen LogP contribution is 2.48. The van der Waals surface area contributed by atoms with E-state index in [0.29, 0.717) is 12.6 Å². The van der Waals surface area contributed by atoms with Crippen LogP contribution in [0.5, 0.6) is 0 Å². The zero-order valence-electron chi connectivity index (χ0n) is 17.0. The minimum atomic E-state index is -0.159. The molecule has 1 aliphatic carbocycles. The van der Waals surface area contributed by atoms with Crippen molar-refractivity contribution in [3.05, 3.63) is 35.6 Å². The quantitative estimate of drug-likeness (QED) is 0.565. The lowest BCUT2D eigenvalue weighted by molar-refractivity contribution is 0.120. The number of hydrogen-bond donors (Lipinski definition) is 2. The fraction of sp³-hybridized carbons (Fsp3) is 0.667. The summed E-state index contributed by atoms with van der Waals surface area (Å²) in [6.45, 7) is 11.3. The van der Waals surface area contributed by atoms with E-state index in [-0.39, 0.29) is 11.2 Å². The second-order valence-corrected chi connectivity index (χ2v) is 8.06. The van der Waals surface area contributed by atoms with Crippen molar-refractivity contribution in [2.75, 3.05) is 52.9 Å². The van der Waals surface area contributed by atoms with E-state index in [1.807, 2.05) is 6.07 Å². The Morgan fingerprint density at radius 3 is 2.59 bits per heavy atom. The Morgan fingerprint density at radius 2 is 1.96 bits per heavy atom. The van der Waals surface area contributed by atoms with Crippen molar-refractivity contribution in [3.63, 3.8) is 0 Å². The summed E-state index contributed by atoms with van der Waals surface area (Å²) in [6.07, 6.45) is 2.16. The van der Waals surface area contributed by atoms with E-state index in [2.05, 4.69) is 41.3 Å². The van der Waals surface area contributed by atoms with Crippen LogP contribution in [0.2, 0.25) is 0 Å². The first-order valence-corrected chi connectivity index (χ1v) is 10.2. The first-order valence-electron chi connectivity index (χ1n) is 10.2. The number of nitrogens with one attached hydrogen (secondary N) is 2. The third kappa shape index (κ3) is 5.42. The van der Waals surface area contributed by atoms with Gasteiger partial charge < -0.3 is 15.5 Å². The fourth-order valence-electron chi connectivity index (χ4n) is 3.72. The predicted octanol–water partition coefficient (Wildman–Crippen LogP) is 2.05. The van der Waals surface area contributed by atoms with Gasteiger partial charge in [-0.1, -0.05) is 12.1 Å². The van der Waals surface area contributed by atoms with Gasteiger partial charge in [-0.3, -0.25) is 9.89 Å². The largest absolute Gasteiger partial charge is 0.357 e. The van der Waals surface area contributed by atoms with Crippen LogP contribution >= 0.6 is 0 Å². The van der Waals surface area contributed by atoms with Crippen LogP contribution in [0, 0.1) is 5.82 Å². The van der Waals surface area contributed by atoms with E-state index in [1.165, 1.54) is 6.07 Å². The Hall–Kier alpha value is -1.66. The molecule has 5 nitrogen and oxygen atoms in total. The van der Waals surface area contributed by atoms with Gasteiger partial charge in [-0.15, -0.1) is 0 Å². The summed E-state index contributed by atoms with van der Waals surface area (Å²) in [5.74, 6) is 0.704. The summed E-state index contributed by atoms with van der Waals surface area (Å²) in [5, 5.41) is 6.85. The lowest BCUT2D eigenvalue weighted by atomic mass is 9.96. The van der Waals surface area contributed by atoms with Gasteiger partial charge in [0.2, 0.25) is 0 Å². The smallest absolute Gasteiger partial charge is 0.191 e. The van der Waals surface area contributed by atoms with Crippen molar-refractivity contribution in [1.82, 2.24) is 20.4 Å². The molecule has 3 rings (SSSR count). The molecule has 2 fully saturated rings. The van der Waals surface area contributed by atoms with Gasteiger partial charge in [0.15, 0.2) is 5.96 Å². The Bertz CT molecular complexity index is 635. The molecular weight excluding hydrogens is 341 g/mol. The molecule has 0 bridgehead atoms. The maximum Gasteiger partial charge on any atom is 0.191 e. The average molecular weight is 376 g/mol. The van der Waals surface area contributed by atoms with Crippen molar-refractivity contribution in [2.45, 2.75) is 38.1 Å². The van der Waals surface area contributed by atoms with Gasteiger partial charge in [-0.05, 0) is 51.4 Å². The summed E-state index contributed by atoms with van der Waals surface area (Å²) in [6, 6.07) is 7.48. The van der Waals surface area contributed by atoms with E-state index < -0.39 is 0 Å². The number of guanidine groups is 1. The van der Waals surface area contributed by atoms with Crippen molar-refractivity contribution in [1.29, 1.82) is 0 Å². The Balaban J connectivity index is 1.55. The van der Waals surface area contributed by atoms with Gasteiger partial charge in [0.1, 0.15) is 5.82 Å². The Kier molecular flexibility index (Phi) is 6.71. The number of halogens is 1. The number of hydrogen-bond acceptors (Lipinski definition) is 3. The fourth-order valence-corrected chi connectivity index (χ4v) is 3.72. The highest BCUT2D eigenvalue weighted by Gasteiger charge is 2.44. The third-order valence-electron chi connectivity index (χ3n) is 5.90. The standard InChI is InChI=1S/C21H34FN5/c1-4-23-20(24-15-17(2)27-12-10-26(3)11-13-27)25-16-21(8-9-21)18-6-5-7-19(22)14-18/h5-7,14,17H,4,8-13,15-16H2,1-3H3,(H2,23,24,25). The van der Waals surface area contributed by atoms with Crippen LogP contribution in [-0.2, 0) is 5.41 Å². The number of piperazine rings is 1. The molecule has 1 aromatic carbocycles. The van der Waals surface area contributed by atoms with Gasteiger partial charge in [0, 0.05) is 50.7 Å². The van der Waals surface area contributed by atoms with Crippen molar-refractivity contribution in [2.24, 2.45) is 4.99 Å². The van der Waals surface area contributed by atoms with E-state index in [0.717, 1.165) is 63.6 Å². The summed E-state index contributed by atoms with van der Waals surface area (Å²) >= 11 is 0. The number of likely N-dealkylation sites (N-methyl/N-ethyl adjacent to an activating group) is 1. The van der Waals surface area contributed by atoms with Gasteiger partial charge >= 0.3 is 0 Å². The SMILES string of the molecule is CCNC(=NCC1(c2cccc(F)c2)CC1)NCC(C)N1CCN(C)CC1. The molecule has 27 heavy (non-hydrogen) atoms. The van der Waals surface area contributed by atoms with Crippen LogP contribution in [0.4, 0.5) is 4.39 Å². The van der Waals surface area contributed by atoms with E-state index in [1.54, 1.807) is 12.1 Å². The molecule has 2 N–H and O–H groups in total. The minimum absolute atomic E-state index is 0.0214. The van der Waals surface area contributed by atoms with Crippen LogP contribution in [-0.4, -0.2) is 74.7 Å². The molecular formula is C21H34FN5. The molecule has 1 saturated heterocycles. The molecule has 0 radical (unpaired) electrons. The van der Waals surface area contributed by atoms with E-state index in [4.69, 9.17) is 4.99 Å². The van der Waals surface area contributed by atoms with Crippen molar-refractivity contribution >= 4 is 5.96 Å². The van der Waals surface area contributed by atoms with Gasteiger partial charge in [-0.25, -0.2) is 4.39 Å². The third-order valence-corrected chi connectivity index (χ3v) is 5.90. The molecule has 150 valence electrons. The highest BCUT2D eigenvalue weighted by atomic mass is 19.1. The first kappa shape index (κ1) is 20.1. The zero-order valence-corrected chi connectivity index (χ0v) is 17.0. The number of rotatable bonds is 7. The maximum absolute atomic E-state index is 13.6. The summed E-state index contributed by atoms with van der Waals surface area (Å²) in [7, 11) is 2.18. The predicted molar refractivity (Wildman–Crippen MR) is 110 cm³/mol. The number of aliphatic imine (C=N–C) groups is 1. The summed E-state index contributed by atoms with van der Waals surface area (Å²) in [4.78, 5) is 9.74. The minimum Gasteiger partial charge on any atom is -0.357 e. The molecule has 0 spiro atoms. The Morgan fingerprint density at radius 1 is 1.22 bits per heavy atom. The normalized spacial score (nSPS) is 21.7. The highest BCUT2D eigenvalue weighted by molar-refractivity contribution is 5.79. The molecule has 1 heterocycles. The second kappa shape index (κ2) is 9.02. The summed E-state index contributed by atoms with van der Waals surface area (Å²) < 4.78 is 13.6. The lowest BCUT2D eigenvalue weighted by Gasteiger charge is -2.36. The molecule has 2 aliphatic rings. The zero-order chi connectivity index (χ0) is 19.3. The maximum atomic E-state index is 13.6. The van der Waals surface area contributed by atoms with Gasteiger partial charge in [-0.2, -0.15) is 0 Å². The van der Waals surface area contributed by atoms with E-state index in [9.17, 15) is 4.39 Å². The van der Waals surface area contributed by atoms with Crippen molar-refractivity contribution in [3.8, 4) is 0 Å². The van der Waals surface area contributed by atoms with Crippen LogP contribution in [0.15, 0.2) is 29.3 Å². The molecule has 6 heteroatoms. The molecule has 0 aromatic heterocycles. The van der Waals surface area contributed by atoms with Crippen molar-refractivity contribution < 1.29 is 4.39 Å². The number of benzene rings is 1. The van der Waals surface area contributed by atoms with Crippen LogP contribution in [0.25, 0.3) is 0 Å². The van der Waals surface area contributed by atoms with Gasteiger partial charge in [0.05, 0.1) is 6.54 Å². The molecule has 0 amide bonds. The topological polar surface area (TPSA) is 42.9 Å². The molecule has 1 unspecified atom stereocenters. The molecule has 1 atom stereocenters. The first-order chi connectivity index (χ1) is 13.0. The Labute approximate surface area is 163 Å². The summed E-state index contributed by atoms with van der Waals surface area (Å²) in [5.41, 5.74) is 1.10.